The lowest BCUT2D eigenvalue weighted by molar-refractivity contribution is -0.113. The summed E-state index contributed by atoms with van der Waals surface area (Å²) >= 11 is 8.44. The third kappa shape index (κ3) is 4.72. The fraction of sp³-hybridized carbons (Fsp3) is 0.0952. The van der Waals surface area contributed by atoms with E-state index < -0.39 is 0 Å². The van der Waals surface area contributed by atoms with Crippen LogP contribution in [0.25, 0.3) is 10.2 Å². The Bertz CT molecular complexity index is 1270. The predicted molar refractivity (Wildman–Crippen MR) is 120 cm³/mol. The molecule has 0 saturated carbocycles. The molecule has 2 heterocycles. The van der Waals surface area contributed by atoms with Crippen molar-refractivity contribution in [2.24, 2.45) is 0 Å². The van der Waals surface area contributed by atoms with Gasteiger partial charge in [0.1, 0.15) is 10.5 Å². The smallest absolute Gasteiger partial charge is 0.272 e. The number of nitrogens with one attached hydrogen (secondary N) is 1. The van der Waals surface area contributed by atoms with E-state index in [9.17, 15) is 14.0 Å². The quantitative estimate of drug-likeness (QED) is 0.324. The van der Waals surface area contributed by atoms with Gasteiger partial charge in [0, 0.05) is 10.7 Å². The molecule has 1 amide bonds. The third-order valence-electron chi connectivity index (χ3n) is 4.23. The van der Waals surface area contributed by atoms with Crippen LogP contribution in [0.5, 0.6) is 0 Å². The first-order valence-electron chi connectivity index (χ1n) is 8.90. The molecule has 4 rings (SSSR count). The molecular weight excluding hydrogens is 445 g/mol. The van der Waals surface area contributed by atoms with Gasteiger partial charge in [-0.2, -0.15) is 0 Å². The molecule has 0 radical (unpaired) electrons. The Hall–Kier alpha value is -2.68. The second kappa shape index (κ2) is 8.99. The van der Waals surface area contributed by atoms with Gasteiger partial charge in [0.05, 0.1) is 17.8 Å². The summed E-state index contributed by atoms with van der Waals surface area (Å²) in [4.78, 5) is 29.9. The van der Waals surface area contributed by atoms with E-state index >= 15 is 0 Å². The van der Waals surface area contributed by atoms with Crippen LogP contribution in [0, 0.1) is 5.82 Å². The molecule has 9 heteroatoms. The van der Waals surface area contributed by atoms with E-state index in [1.54, 1.807) is 42.5 Å². The number of carbonyl (C=O) groups is 1. The van der Waals surface area contributed by atoms with Crippen molar-refractivity contribution in [3.05, 3.63) is 86.7 Å². The zero-order valence-corrected chi connectivity index (χ0v) is 17.9. The van der Waals surface area contributed by atoms with Gasteiger partial charge in [0.2, 0.25) is 5.91 Å². The van der Waals surface area contributed by atoms with Crippen molar-refractivity contribution in [1.82, 2.24) is 9.55 Å². The molecule has 1 N–H and O–H groups in total. The summed E-state index contributed by atoms with van der Waals surface area (Å²) in [6.07, 6.45) is 0. The Labute approximate surface area is 184 Å². The van der Waals surface area contributed by atoms with Gasteiger partial charge in [-0.15, -0.1) is 11.3 Å². The Kier molecular flexibility index (Phi) is 6.17. The van der Waals surface area contributed by atoms with Gasteiger partial charge in [-0.25, -0.2) is 9.37 Å². The summed E-state index contributed by atoms with van der Waals surface area (Å²) < 4.78 is 15.3. The van der Waals surface area contributed by atoms with Gasteiger partial charge in [0.15, 0.2) is 5.16 Å². The van der Waals surface area contributed by atoms with Crippen LogP contribution < -0.4 is 10.9 Å². The van der Waals surface area contributed by atoms with Gasteiger partial charge < -0.3 is 5.32 Å². The number of amides is 1. The van der Waals surface area contributed by atoms with Crippen LogP contribution in [-0.2, 0) is 11.3 Å². The lowest BCUT2D eigenvalue weighted by Gasteiger charge is -2.12. The average molecular weight is 460 g/mol. The number of aromatic nitrogens is 2. The van der Waals surface area contributed by atoms with Gasteiger partial charge >= 0.3 is 0 Å². The lowest BCUT2D eigenvalue weighted by atomic mass is 10.2. The molecule has 0 aliphatic heterocycles. The molecule has 0 atom stereocenters. The second-order valence-electron chi connectivity index (χ2n) is 6.39. The molecule has 0 unspecified atom stereocenters. The molecule has 0 fully saturated rings. The highest BCUT2D eigenvalue weighted by atomic mass is 35.5. The second-order valence-corrected chi connectivity index (χ2v) is 8.69. The van der Waals surface area contributed by atoms with Gasteiger partial charge in [-0.3, -0.25) is 14.2 Å². The normalized spacial score (nSPS) is 11.0. The molecule has 0 spiro atoms. The number of nitrogens with zero attached hydrogens (tertiary/aromatic N) is 2. The molecule has 4 aromatic rings. The lowest BCUT2D eigenvalue weighted by Crippen LogP contribution is -2.24. The standard InChI is InChI=1S/C21H15ClFN3O2S2/c22-14-2-1-3-16(10-14)24-18(27)12-30-21-25-17-8-9-29-19(17)20(28)26(21)11-13-4-6-15(23)7-5-13/h1-10H,11-12H2,(H,24,27). The minimum Gasteiger partial charge on any atom is -0.325 e. The summed E-state index contributed by atoms with van der Waals surface area (Å²) in [7, 11) is 0. The van der Waals surface area contributed by atoms with E-state index in [1.165, 1.54) is 39.8 Å². The van der Waals surface area contributed by atoms with Crippen LogP contribution in [0.3, 0.4) is 0 Å². The average Bonchev–Trinajstić information content (AvgIpc) is 3.19. The maximum Gasteiger partial charge on any atom is 0.272 e. The van der Waals surface area contributed by atoms with Crippen molar-refractivity contribution in [3.8, 4) is 0 Å². The predicted octanol–water partition coefficient (Wildman–Crippen LogP) is 5.03. The van der Waals surface area contributed by atoms with E-state index in [2.05, 4.69) is 10.3 Å². The highest BCUT2D eigenvalue weighted by molar-refractivity contribution is 7.99. The number of rotatable bonds is 6. The molecule has 152 valence electrons. The summed E-state index contributed by atoms with van der Waals surface area (Å²) in [5, 5.41) is 5.54. The van der Waals surface area contributed by atoms with Crippen molar-refractivity contribution in [2.75, 3.05) is 11.1 Å². The number of halogens is 2. The number of fused-ring (bicyclic) bond motifs is 1. The number of hydrogen-bond donors (Lipinski definition) is 1. The summed E-state index contributed by atoms with van der Waals surface area (Å²) in [5.41, 5.74) is 1.77. The van der Waals surface area contributed by atoms with E-state index in [4.69, 9.17) is 11.6 Å². The molecule has 0 aliphatic carbocycles. The van der Waals surface area contributed by atoms with Crippen molar-refractivity contribution in [3.63, 3.8) is 0 Å². The first-order valence-corrected chi connectivity index (χ1v) is 11.1. The number of thiophene rings is 1. The molecule has 2 aromatic heterocycles. The highest BCUT2D eigenvalue weighted by Crippen LogP contribution is 2.22. The van der Waals surface area contributed by atoms with Crippen LogP contribution in [0.4, 0.5) is 10.1 Å². The van der Waals surface area contributed by atoms with Crippen molar-refractivity contribution < 1.29 is 9.18 Å². The number of benzene rings is 2. The van der Waals surface area contributed by atoms with Gasteiger partial charge in [-0.05, 0) is 47.3 Å². The van der Waals surface area contributed by atoms with Crippen LogP contribution >= 0.6 is 34.7 Å². The molecule has 0 aliphatic rings. The topological polar surface area (TPSA) is 64.0 Å². The Balaban J connectivity index is 1.58. The zero-order valence-electron chi connectivity index (χ0n) is 15.5. The maximum atomic E-state index is 13.2. The van der Waals surface area contributed by atoms with Gasteiger partial charge in [0.25, 0.3) is 5.56 Å². The van der Waals surface area contributed by atoms with Crippen LogP contribution in [0.15, 0.2) is 69.9 Å². The van der Waals surface area contributed by atoms with E-state index in [1.807, 2.05) is 5.38 Å². The molecule has 2 aromatic carbocycles. The summed E-state index contributed by atoms with van der Waals surface area (Å²) in [6, 6.07) is 14.6. The molecular formula is C21H15ClFN3O2S2. The number of hydrogen-bond acceptors (Lipinski definition) is 5. The Morgan fingerprint density at radius 2 is 2.00 bits per heavy atom. The van der Waals surface area contributed by atoms with E-state index in [-0.39, 0.29) is 29.6 Å². The van der Waals surface area contributed by atoms with Crippen molar-refractivity contribution in [1.29, 1.82) is 0 Å². The van der Waals surface area contributed by atoms with Crippen molar-refractivity contribution >= 4 is 56.5 Å². The maximum absolute atomic E-state index is 13.2. The largest absolute Gasteiger partial charge is 0.325 e. The molecule has 0 bridgehead atoms. The van der Waals surface area contributed by atoms with E-state index in [0.717, 1.165) is 5.56 Å². The minimum absolute atomic E-state index is 0.0675. The highest BCUT2D eigenvalue weighted by Gasteiger charge is 2.15. The third-order valence-corrected chi connectivity index (χ3v) is 6.33. The molecule has 30 heavy (non-hydrogen) atoms. The SMILES string of the molecule is O=C(CSc1nc2ccsc2c(=O)n1Cc1ccc(F)cc1)Nc1cccc(Cl)c1. The molecule has 0 saturated heterocycles. The number of thioether (sulfide) groups is 1. The van der Waals surface area contributed by atoms with Crippen LogP contribution in [0.1, 0.15) is 5.56 Å². The fourth-order valence-corrected chi connectivity index (χ4v) is 4.61. The first kappa shape index (κ1) is 20.6. The zero-order chi connectivity index (χ0) is 21.1. The summed E-state index contributed by atoms with van der Waals surface area (Å²) in [6.45, 7) is 0.234. The van der Waals surface area contributed by atoms with E-state index in [0.29, 0.717) is 26.1 Å². The monoisotopic (exact) mass is 459 g/mol. The van der Waals surface area contributed by atoms with Crippen LogP contribution in [0.2, 0.25) is 5.02 Å². The number of anilines is 1. The molecule has 5 nitrogen and oxygen atoms in total. The fourth-order valence-electron chi connectivity index (χ4n) is 2.84. The van der Waals surface area contributed by atoms with Gasteiger partial charge in [-0.1, -0.05) is 41.6 Å². The minimum atomic E-state index is -0.342. The Morgan fingerprint density at radius 1 is 1.20 bits per heavy atom. The first-order chi connectivity index (χ1) is 14.5. The summed E-state index contributed by atoms with van der Waals surface area (Å²) in [5.74, 6) is -0.515. The number of carbonyl (C=O) groups excluding carboxylic acids is 1. The Morgan fingerprint density at radius 3 is 2.77 bits per heavy atom. The van der Waals surface area contributed by atoms with Crippen LogP contribution in [-0.4, -0.2) is 21.2 Å². The van der Waals surface area contributed by atoms with Crippen molar-refractivity contribution in [2.45, 2.75) is 11.7 Å².